The summed E-state index contributed by atoms with van der Waals surface area (Å²) in [5, 5.41) is 0. The SMILES string of the molecule is C#CCN(C)C(CC)c1ccc(F)cc1. The summed E-state index contributed by atoms with van der Waals surface area (Å²) in [5.41, 5.74) is 1.11. The molecule has 0 bridgehead atoms. The van der Waals surface area contributed by atoms with E-state index in [1.165, 1.54) is 12.1 Å². The van der Waals surface area contributed by atoms with Crippen LogP contribution >= 0.6 is 0 Å². The first-order chi connectivity index (χ1) is 7.19. The first kappa shape index (κ1) is 11.7. The van der Waals surface area contributed by atoms with Crippen LogP contribution in [0.5, 0.6) is 0 Å². The number of halogens is 1. The molecule has 0 saturated heterocycles. The zero-order valence-electron chi connectivity index (χ0n) is 9.20. The van der Waals surface area contributed by atoms with Gasteiger partial charge >= 0.3 is 0 Å². The predicted octanol–water partition coefficient (Wildman–Crippen LogP) is 2.84. The Hall–Kier alpha value is -1.33. The van der Waals surface area contributed by atoms with Gasteiger partial charge in [0.25, 0.3) is 0 Å². The normalized spacial score (nSPS) is 12.5. The monoisotopic (exact) mass is 205 g/mol. The topological polar surface area (TPSA) is 3.24 Å². The fourth-order valence-electron chi connectivity index (χ4n) is 1.74. The van der Waals surface area contributed by atoms with E-state index in [4.69, 9.17) is 6.42 Å². The number of terminal acetylenes is 1. The highest BCUT2D eigenvalue weighted by Crippen LogP contribution is 2.22. The second kappa shape index (κ2) is 5.53. The minimum absolute atomic E-state index is 0.201. The molecule has 2 heteroatoms. The second-order valence-corrected chi connectivity index (χ2v) is 3.59. The highest BCUT2D eigenvalue weighted by molar-refractivity contribution is 5.20. The van der Waals surface area contributed by atoms with Crippen LogP contribution in [0.4, 0.5) is 4.39 Å². The molecule has 1 aromatic carbocycles. The van der Waals surface area contributed by atoms with E-state index in [2.05, 4.69) is 17.7 Å². The molecule has 0 amide bonds. The Morgan fingerprint density at radius 1 is 1.40 bits per heavy atom. The van der Waals surface area contributed by atoms with E-state index < -0.39 is 0 Å². The molecule has 1 unspecified atom stereocenters. The van der Waals surface area contributed by atoms with Gasteiger partial charge in [0.1, 0.15) is 5.82 Å². The molecule has 0 fully saturated rings. The Morgan fingerprint density at radius 3 is 2.47 bits per heavy atom. The Balaban J connectivity index is 2.83. The molecular formula is C13H16FN. The summed E-state index contributed by atoms with van der Waals surface area (Å²) in [4.78, 5) is 2.09. The van der Waals surface area contributed by atoms with Crippen molar-refractivity contribution < 1.29 is 4.39 Å². The third kappa shape index (κ3) is 3.07. The minimum atomic E-state index is -0.201. The van der Waals surface area contributed by atoms with Crippen LogP contribution in [-0.4, -0.2) is 18.5 Å². The van der Waals surface area contributed by atoms with E-state index in [0.29, 0.717) is 6.54 Å². The van der Waals surface area contributed by atoms with Gasteiger partial charge in [0.15, 0.2) is 0 Å². The Kier molecular flexibility index (Phi) is 4.33. The van der Waals surface area contributed by atoms with Crippen LogP contribution in [0.1, 0.15) is 24.9 Å². The first-order valence-electron chi connectivity index (χ1n) is 5.08. The molecule has 1 rings (SSSR count). The summed E-state index contributed by atoms with van der Waals surface area (Å²) < 4.78 is 12.8. The molecular weight excluding hydrogens is 189 g/mol. The van der Waals surface area contributed by atoms with Crippen molar-refractivity contribution in [3.63, 3.8) is 0 Å². The van der Waals surface area contributed by atoms with Crippen molar-refractivity contribution in [3.05, 3.63) is 35.6 Å². The third-order valence-electron chi connectivity index (χ3n) is 2.51. The van der Waals surface area contributed by atoms with Gasteiger partial charge < -0.3 is 0 Å². The summed E-state index contributed by atoms with van der Waals surface area (Å²) >= 11 is 0. The van der Waals surface area contributed by atoms with Crippen LogP contribution in [0.2, 0.25) is 0 Å². The summed E-state index contributed by atoms with van der Waals surface area (Å²) in [6, 6.07) is 6.87. The lowest BCUT2D eigenvalue weighted by molar-refractivity contribution is 0.267. The first-order valence-corrected chi connectivity index (χ1v) is 5.08. The fourth-order valence-corrected chi connectivity index (χ4v) is 1.74. The van der Waals surface area contributed by atoms with E-state index in [-0.39, 0.29) is 11.9 Å². The molecule has 0 spiro atoms. The van der Waals surface area contributed by atoms with Crippen molar-refractivity contribution in [3.8, 4) is 12.3 Å². The third-order valence-corrected chi connectivity index (χ3v) is 2.51. The van der Waals surface area contributed by atoms with E-state index in [1.54, 1.807) is 0 Å². The standard InChI is InChI=1S/C13H16FN/c1-4-10-15(3)13(5-2)11-6-8-12(14)9-7-11/h1,6-9,13H,5,10H2,2-3H3. The molecule has 1 nitrogen and oxygen atoms in total. The molecule has 0 heterocycles. The molecule has 0 N–H and O–H groups in total. The smallest absolute Gasteiger partial charge is 0.123 e. The average molecular weight is 205 g/mol. The van der Waals surface area contributed by atoms with Crippen molar-refractivity contribution in [2.45, 2.75) is 19.4 Å². The highest BCUT2D eigenvalue weighted by Gasteiger charge is 2.13. The van der Waals surface area contributed by atoms with Gasteiger partial charge in [0, 0.05) is 6.04 Å². The lowest BCUT2D eigenvalue weighted by Crippen LogP contribution is -2.24. The maximum Gasteiger partial charge on any atom is 0.123 e. The summed E-state index contributed by atoms with van der Waals surface area (Å²) in [7, 11) is 1.98. The van der Waals surface area contributed by atoms with Crippen molar-refractivity contribution in [1.82, 2.24) is 4.90 Å². The average Bonchev–Trinajstić information content (AvgIpc) is 2.22. The van der Waals surface area contributed by atoms with Crippen LogP contribution in [0.3, 0.4) is 0 Å². The molecule has 1 aromatic rings. The van der Waals surface area contributed by atoms with Gasteiger partial charge in [-0.25, -0.2) is 4.39 Å². The van der Waals surface area contributed by atoms with E-state index >= 15 is 0 Å². The molecule has 0 saturated carbocycles. The van der Waals surface area contributed by atoms with Gasteiger partial charge in [0.2, 0.25) is 0 Å². The minimum Gasteiger partial charge on any atom is -0.288 e. The Morgan fingerprint density at radius 2 is 2.00 bits per heavy atom. The molecule has 0 aliphatic carbocycles. The molecule has 0 aliphatic heterocycles. The highest BCUT2D eigenvalue weighted by atomic mass is 19.1. The lowest BCUT2D eigenvalue weighted by Gasteiger charge is -2.25. The molecule has 15 heavy (non-hydrogen) atoms. The van der Waals surface area contributed by atoms with Crippen LogP contribution in [0, 0.1) is 18.2 Å². The lowest BCUT2D eigenvalue weighted by atomic mass is 10.0. The molecule has 0 aromatic heterocycles. The maximum absolute atomic E-state index is 12.8. The van der Waals surface area contributed by atoms with Crippen molar-refractivity contribution in [2.75, 3.05) is 13.6 Å². The van der Waals surface area contributed by atoms with E-state index in [1.807, 2.05) is 19.2 Å². The van der Waals surface area contributed by atoms with E-state index in [9.17, 15) is 4.39 Å². The molecule has 0 radical (unpaired) electrons. The number of benzene rings is 1. The second-order valence-electron chi connectivity index (χ2n) is 3.59. The number of rotatable bonds is 4. The number of nitrogens with zero attached hydrogens (tertiary/aromatic N) is 1. The zero-order chi connectivity index (χ0) is 11.3. The van der Waals surface area contributed by atoms with Crippen LogP contribution in [0.25, 0.3) is 0 Å². The van der Waals surface area contributed by atoms with Gasteiger partial charge in [-0.05, 0) is 31.2 Å². The van der Waals surface area contributed by atoms with Crippen molar-refractivity contribution in [2.24, 2.45) is 0 Å². The molecule has 0 aliphatic rings. The van der Waals surface area contributed by atoms with Crippen LogP contribution in [0.15, 0.2) is 24.3 Å². The molecule has 80 valence electrons. The molecule has 1 atom stereocenters. The van der Waals surface area contributed by atoms with E-state index in [0.717, 1.165) is 12.0 Å². The largest absolute Gasteiger partial charge is 0.288 e. The Labute approximate surface area is 90.9 Å². The predicted molar refractivity (Wildman–Crippen MR) is 60.9 cm³/mol. The zero-order valence-corrected chi connectivity index (χ0v) is 9.20. The van der Waals surface area contributed by atoms with Crippen molar-refractivity contribution in [1.29, 1.82) is 0 Å². The van der Waals surface area contributed by atoms with Crippen LogP contribution in [-0.2, 0) is 0 Å². The van der Waals surface area contributed by atoms with Gasteiger partial charge in [-0.2, -0.15) is 0 Å². The maximum atomic E-state index is 12.8. The summed E-state index contributed by atoms with van der Waals surface area (Å²) in [5.74, 6) is 2.41. The summed E-state index contributed by atoms with van der Waals surface area (Å²) in [6.45, 7) is 2.71. The number of hydrogen-bond donors (Lipinski definition) is 0. The summed E-state index contributed by atoms with van der Waals surface area (Å²) in [6.07, 6.45) is 6.23. The van der Waals surface area contributed by atoms with Gasteiger partial charge in [-0.1, -0.05) is 25.0 Å². The Bertz CT molecular complexity index is 337. The fraction of sp³-hybridized carbons (Fsp3) is 0.385. The van der Waals surface area contributed by atoms with Crippen molar-refractivity contribution >= 4 is 0 Å². The van der Waals surface area contributed by atoms with Crippen LogP contribution < -0.4 is 0 Å². The van der Waals surface area contributed by atoms with Gasteiger partial charge in [0.05, 0.1) is 6.54 Å². The number of hydrogen-bond acceptors (Lipinski definition) is 1. The van der Waals surface area contributed by atoms with Gasteiger partial charge in [-0.15, -0.1) is 6.42 Å². The quantitative estimate of drug-likeness (QED) is 0.683. The van der Waals surface area contributed by atoms with Gasteiger partial charge in [-0.3, -0.25) is 4.90 Å².